The first-order chi connectivity index (χ1) is 6.59. The highest BCUT2D eigenvalue weighted by atomic mass is 35.5. The average Bonchev–Trinajstić information content (AvgIpc) is 2.10. The second-order valence-electron chi connectivity index (χ2n) is 3.20. The van der Waals surface area contributed by atoms with E-state index in [0.29, 0.717) is 23.2 Å². The number of nitrogens with zero attached hydrogens (tertiary/aromatic N) is 2. The van der Waals surface area contributed by atoms with Crippen LogP contribution < -0.4 is 10.5 Å². The van der Waals surface area contributed by atoms with Crippen LogP contribution in [0.2, 0.25) is 5.15 Å². The summed E-state index contributed by atoms with van der Waals surface area (Å²) in [6.45, 7) is 1.41. The van der Waals surface area contributed by atoms with Crippen LogP contribution in [0.3, 0.4) is 0 Å². The fourth-order valence-corrected chi connectivity index (χ4v) is 1.03. The monoisotopic (exact) mass is 215 g/mol. The summed E-state index contributed by atoms with van der Waals surface area (Å²) in [5.41, 5.74) is 6.15. The number of rotatable bonds is 4. The van der Waals surface area contributed by atoms with E-state index in [1.54, 1.807) is 6.07 Å². The molecule has 4 nitrogen and oxygen atoms in total. The van der Waals surface area contributed by atoms with Gasteiger partial charge in [-0.15, -0.1) is 0 Å². The van der Waals surface area contributed by atoms with E-state index in [9.17, 15) is 0 Å². The second kappa shape index (κ2) is 5.02. The molecule has 0 aliphatic heterocycles. The molecule has 0 amide bonds. The van der Waals surface area contributed by atoms with E-state index in [-0.39, 0.29) is 0 Å². The normalized spacial score (nSPS) is 10.6. The SMILES string of the molecule is CN(C)CCOc1cc(Cl)ncc1N. The zero-order valence-corrected chi connectivity index (χ0v) is 9.08. The molecule has 0 saturated heterocycles. The number of hydrogen-bond donors (Lipinski definition) is 1. The number of hydrogen-bond acceptors (Lipinski definition) is 4. The Kier molecular flexibility index (Phi) is 3.98. The Hall–Kier alpha value is -1.00. The molecule has 0 fully saturated rings. The van der Waals surface area contributed by atoms with E-state index in [0.717, 1.165) is 6.54 Å². The summed E-state index contributed by atoms with van der Waals surface area (Å²) < 4.78 is 5.44. The van der Waals surface area contributed by atoms with Crippen LogP contribution in [0.5, 0.6) is 5.75 Å². The van der Waals surface area contributed by atoms with Crippen LogP contribution in [0, 0.1) is 0 Å². The van der Waals surface area contributed by atoms with Gasteiger partial charge in [-0.05, 0) is 14.1 Å². The van der Waals surface area contributed by atoms with Crippen LogP contribution in [0.1, 0.15) is 0 Å². The van der Waals surface area contributed by atoms with Crippen molar-refractivity contribution in [2.24, 2.45) is 0 Å². The summed E-state index contributed by atoms with van der Waals surface area (Å²) in [5.74, 6) is 0.590. The molecule has 0 aliphatic rings. The summed E-state index contributed by atoms with van der Waals surface area (Å²) in [4.78, 5) is 5.86. The molecule has 5 heteroatoms. The number of anilines is 1. The minimum atomic E-state index is 0.388. The summed E-state index contributed by atoms with van der Waals surface area (Å²) in [5, 5.41) is 0.388. The summed E-state index contributed by atoms with van der Waals surface area (Å²) >= 11 is 5.70. The van der Waals surface area contributed by atoms with E-state index in [1.807, 2.05) is 19.0 Å². The van der Waals surface area contributed by atoms with Crippen molar-refractivity contribution in [2.75, 3.05) is 33.0 Å². The lowest BCUT2D eigenvalue weighted by Crippen LogP contribution is -2.19. The Balaban J connectivity index is 2.53. The first-order valence-corrected chi connectivity index (χ1v) is 4.66. The van der Waals surface area contributed by atoms with Gasteiger partial charge in [0.05, 0.1) is 11.9 Å². The van der Waals surface area contributed by atoms with Gasteiger partial charge in [-0.1, -0.05) is 11.6 Å². The molecule has 2 N–H and O–H groups in total. The molecule has 0 radical (unpaired) electrons. The van der Waals surface area contributed by atoms with Gasteiger partial charge in [-0.3, -0.25) is 0 Å². The zero-order valence-electron chi connectivity index (χ0n) is 8.33. The topological polar surface area (TPSA) is 51.4 Å². The molecule has 1 heterocycles. The van der Waals surface area contributed by atoms with E-state index in [2.05, 4.69) is 4.98 Å². The number of ether oxygens (including phenoxy) is 1. The van der Waals surface area contributed by atoms with Gasteiger partial charge >= 0.3 is 0 Å². The number of pyridine rings is 1. The minimum Gasteiger partial charge on any atom is -0.490 e. The Labute approximate surface area is 88.6 Å². The summed E-state index contributed by atoms with van der Waals surface area (Å²) in [7, 11) is 3.96. The quantitative estimate of drug-likeness (QED) is 0.769. The smallest absolute Gasteiger partial charge is 0.146 e. The number of halogens is 1. The van der Waals surface area contributed by atoms with Crippen LogP contribution in [0.4, 0.5) is 5.69 Å². The first kappa shape index (κ1) is 11.1. The molecular weight excluding hydrogens is 202 g/mol. The highest BCUT2D eigenvalue weighted by molar-refractivity contribution is 6.29. The largest absolute Gasteiger partial charge is 0.490 e. The zero-order chi connectivity index (χ0) is 10.6. The lowest BCUT2D eigenvalue weighted by Gasteiger charge is -2.12. The van der Waals surface area contributed by atoms with Gasteiger partial charge in [0, 0.05) is 12.6 Å². The van der Waals surface area contributed by atoms with Crippen LogP contribution in [0.25, 0.3) is 0 Å². The Morgan fingerprint density at radius 1 is 1.57 bits per heavy atom. The number of nitrogen functional groups attached to an aromatic ring is 1. The molecule has 0 aromatic carbocycles. The van der Waals surface area contributed by atoms with Crippen molar-refractivity contribution in [3.63, 3.8) is 0 Å². The van der Waals surface area contributed by atoms with Gasteiger partial charge in [0.1, 0.15) is 17.5 Å². The minimum absolute atomic E-state index is 0.388. The third kappa shape index (κ3) is 3.40. The van der Waals surface area contributed by atoms with Crippen LogP contribution in [-0.4, -0.2) is 37.1 Å². The van der Waals surface area contributed by atoms with Crippen molar-refractivity contribution in [1.29, 1.82) is 0 Å². The van der Waals surface area contributed by atoms with E-state index < -0.39 is 0 Å². The Morgan fingerprint density at radius 3 is 2.93 bits per heavy atom. The van der Waals surface area contributed by atoms with Gasteiger partial charge < -0.3 is 15.4 Å². The van der Waals surface area contributed by atoms with Gasteiger partial charge in [-0.2, -0.15) is 0 Å². The third-order valence-corrected chi connectivity index (χ3v) is 1.86. The maximum absolute atomic E-state index is 5.70. The van der Waals surface area contributed by atoms with Gasteiger partial charge in [0.2, 0.25) is 0 Å². The van der Waals surface area contributed by atoms with Crippen molar-refractivity contribution in [2.45, 2.75) is 0 Å². The van der Waals surface area contributed by atoms with Gasteiger partial charge in [0.15, 0.2) is 0 Å². The molecule has 1 aromatic heterocycles. The lowest BCUT2D eigenvalue weighted by molar-refractivity contribution is 0.262. The fourth-order valence-electron chi connectivity index (χ4n) is 0.887. The molecule has 1 rings (SSSR count). The fraction of sp³-hybridized carbons (Fsp3) is 0.444. The third-order valence-electron chi connectivity index (χ3n) is 1.66. The molecule has 0 saturated carbocycles. The van der Waals surface area contributed by atoms with Gasteiger partial charge in [0.25, 0.3) is 0 Å². The van der Waals surface area contributed by atoms with Crippen molar-refractivity contribution >= 4 is 17.3 Å². The standard InChI is InChI=1S/C9H14ClN3O/c1-13(2)3-4-14-8-5-9(10)12-6-7(8)11/h5-6H,3-4,11H2,1-2H3. The number of aromatic nitrogens is 1. The van der Waals surface area contributed by atoms with Crippen LogP contribution in [0.15, 0.2) is 12.3 Å². The van der Waals surface area contributed by atoms with E-state index >= 15 is 0 Å². The molecule has 14 heavy (non-hydrogen) atoms. The maximum atomic E-state index is 5.70. The molecule has 0 bridgehead atoms. The van der Waals surface area contributed by atoms with Gasteiger partial charge in [-0.25, -0.2) is 4.98 Å². The van der Waals surface area contributed by atoms with Crippen molar-refractivity contribution in [1.82, 2.24) is 9.88 Å². The van der Waals surface area contributed by atoms with Crippen molar-refractivity contribution in [3.05, 3.63) is 17.4 Å². The predicted octanol–water partition coefficient (Wildman–Crippen LogP) is 1.26. The van der Waals surface area contributed by atoms with Crippen LogP contribution >= 0.6 is 11.6 Å². The van der Waals surface area contributed by atoms with Crippen molar-refractivity contribution in [3.8, 4) is 5.75 Å². The van der Waals surface area contributed by atoms with Crippen molar-refractivity contribution < 1.29 is 4.74 Å². The van der Waals surface area contributed by atoms with Crippen LogP contribution in [-0.2, 0) is 0 Å². The Bertz CT molecular complexity index is 304. The highest BCUT2D eigenvalue weighted by Gasteiger charge is 2.02. The predicted molar refractivity (Wildman–Crippen MR) is 57.7 cm³/mol. The summed E-state index contributed by atoms with van der Waals surface area (Å²) in [6, 6.07) is 1.62. The Morgan fingerprint density at radius 2 is 2.29 bits per heavy atom. The molecule has 78 valence electrons. The number of likely N-dealkylation sites (N-methyl/N-ethyl adjacent to an activating group) is 1. The summed E-state index contributed by atoms with van der Waals surface area (Å²) in [6.07, 6.45) is 1.49. The molecule has 0 spiro atoms. The van der Waals surface area contributed by atoms with E-state index in [1.165, 1.54) is 6.20 Å². The maximum Gasteiger partial charge on any atom is 0.146 e. The number of nitrogens with two attached hydrogens (primary N) is 1. The first-order valence-electron chi connectivity index (χ1n) is 4.28. The highest BCUT2D eigenvalue weighted by Crippen LogP contribution is 2.22. The molecule has 0 unspecified atom stereocenters. The lowest BCUT2D eigenvalue weighted by atomic mass is 10.4. The molecule has 0 atom stereocenters. The average molecular weight is 216 g/mol. The van der Waals surface area contributed by atoms with E-state index in [4.69, 9.17) is 22.1 Å². The molecule has 1 aromatic rings. The molecule has 0 aliphatic carbocycles. The second-order valence-corrected chi connectivity index (χ2v) is 3.58. The molecular formula is C9H14ClN3O.